The molecule has 0 nitrogen and oxygen atoms in total. The molecule has 2 aliphatic carbocycles. The first-order chi connectivity index (χ1) is 19.7. The Morgan fingerprint density at radius 3 is 2.00 bits per heavy atom. The fraction of sp³-hybridized carbons (Fsp3) is 0.150. The lowest BCUT2D eigenvalue weighted by Crippen LogP contribution is -2.07. The standard InChI is InChI=1S/C40H32/c1-25(2)21-29-24-38-35(39(29)34-18-9-17-33-30-14-6-3-13-28(30)23-37(33)34)19-10-20-36(38)40-31-15-7-4-11-26(31)22-27-12-5-8-16-32(27)40/h3-20,22,24-25,39H,21,23H2,1-2H3. The Hall–Kier alpha value is -4.42. The summed E-state index contributed by atoms with van der Waals surface area (Å²) >= 11 is 0. The molecule has 0 saturated heterocycles. The Morgan fingerprint density at radius 2 is 1.25 bits per heavy atom. The quantitative estimate of drug-likeness (QED) is 0.206. The number of hydrogen-bond donors (Lipinski definition) is 0. The molecule has 0 radical (unpaired) electrons. The third-order valence-corrected chi connectivity index (χ3v) is 9.03. The van der Waals surface area contributed by atoms with Crippen LogP contribution in [0.1, 0.15) is 54.0 Å². The predicted molar refractivity (Wildman–Crippen MR) is 171 cm³/mol. The Balaban J connectivity index is 1.38. The lowest BCUT2D eigenvalue weighted by molar-refractivity contribution is 0.625. The molecule has 2 aliphatic rings. The molecule has 0 aromatic heterocycles. The van der Waals surface area contributed by atoms with Crippen LogP contribution in [-0.4, -0.2) is 0 Å². The van der Waals surface area contributed by atoms with Gasteiger partial charge >= 0.3 is 0 Å². The molecule has 1 unspecified atom stereocenters. The van der Waals surface area contributed by atoms with Crippen molar-refractivity contribution in [2.75, 3.05) is 0 Å². The molecule has 0 heterocycles. The largest absolute Gasteiger partial charge is 0.0625 e. The second-order valence-electron chi connectivity index (χ2n) is 12.0. The van der Waals surface area contributed by atoms with Gasteiger partial charge in [0, 0.05) is 5.92 Å². The van der Waals surface area contributed by atoms with Crippen LogP contribution in [0.4, 0.5) is 0 Å². The van der Waals surface area contributed by atoms with E-state index in [1.807, 2.05) is 0 Å². The van der Waals surface area contributed by atoms with Crippen molar-refractivity contribution in [3.05, 3.63) is 149 Å². The molecule has 0 amide bonds. The maximum atomic E-state index is 2.55. The van der Waals surface area contributed by atoms with Crippen LogP contribution in [0.25, 0.3) is 49.9 Å². The zero-order valence-corrected chi connectivity index (χ0v) is 23.1. The predicted octanol–water partition coefficient (Wildman–Crippen LogP) is 10.8. The second kappa shape index (κ2) is 9.07. The van der Waals surface area contributed by atoms with Gasteiger partial charge in [-0.2, -0.15) is 0 Å². The minimum atomic E-state index is 0.294. The van der Waals surface area contributed by atoms with Gasteiger partial charge in [-0.25, -0.2) is 0 Å². The SMILES string of the molecule is CC(C)CC1=Cc2c(-c3c4ccccc4cc4ccccc34)cccc2C1c1cccc2c1Cc1ccccc1-2. The smallest absolute Gasteiger partial charge is 0.0311 e. The highest BCUT2D eigenvalue weighted by Gasteiger charge is 2.33. The molecule has 0 bridgehead atoms. The molecule has 0 N–H and O–H groups in total. The molecule has 0 spiro atoms. The van der Waals surface area contributed by atoms with Crippen LogP contribution in [-0.2, 0) is 6.42 Å². The molecule has 192 valence electrons. The monoisotopic (exact) mass is 512 g/mol. The summed E-state index contributed by atoms with van der Waals surface area (Å²) in [6, 6.07) is 43.1. The van der Waals surface area contributed by atoms with E-state index in [-0.39, 0.29) is 0 Å². The molecule has 0 saturated carbocycles. The molecule has 0 fully saturated rings. The third-order valence-electron chi connectivity index (χ3n) is 9.03. The molecular formula is C40H32. The highest BCUT2D eigenvalue weighted by Crippen LogP contribution is 2.51. The van der Waals surface area contributed by atoms with E-state index in [1.165, 1.54) is 71.6 Å². The van der Waals surface area contributed by atoms with E-state index in [9.17, 15) is 0 Å². The highest BCUT2D eigenvalue weighted by atomic mass is 14.4. The van der Waals surface area contributed by atoms with Crippen LogP contribution in [0.2, 0.25) is 0 Å². The maximum absolute atomic E-state index is 2.55. The highest BCUT2D eigenvalue weighted by molar-refractivity contribution is 6.14. The number of allylic oxidation sites excluding steroid dienone is 1. The van der Waals surface area contributed by atoms with Crippen LogP contribution < -0.4 is 0 Å². The van der Waals surface area contributed by atoms with Crippen LogP contribution in [0.5, 0.6) is 0 Å². The van der Waals surface area contributed by atoms with E-state index in [0.717, 1.165) is 12.8 Å². The van der Waals surface area contributed by atoms with Gasteiger partial charge in [-0.05, 0) is 96.4 Å². The van der Waals surface area contributed by atoms with Crippen molar-refractivity contribution in [3.8, 4) is 22.3 Å². The Labute approximate surface area is 236 Å². The van der Waals surface area contributed by atoms with E-state index in [2.05, 4.69) is 135 Å². The summed E-state index contributed by atoms with van der Waals surface area (Å²) in [5, 5.41) is 5.25. The van der Waals surface area contributed by atoms with Crippen molar-refractivity contribution in [2.24, 2.45) is 5.92 Å². The van der Waals surface area contributed by atoms with Crippen molar-refractivity contribution in [1.29, 1.82) is 0 Å². The number of rotatable bonds is 4. The van der Waals surface area contributed by atoms with Gasteiger partial charge in [0.2, 0.25) is 0 Å². The van der Waals surface area contributed by atoms with Gasteiger partial charge in [0.15, 0.2) is 0 Å². The van der Waals surface area contributed by atoms with Crippen molar-refractivity contribution >= 4 is 27.6 Å². The summed E-state index contributed by atoms with van der Waals surface area (Å²) in [6.45, 7) is 4.70. The van der Waals surface area contributed by atoms with Gasteiger partial charge in [-0.15, -0.1) is 0 Å². The second-order valence-corrected chi connectivity index (χ2v) is 12.0. The zero-order valence-electron chi connectivity index (χ0n) is 23.1. The normalized spacial score (nSPS) is 15.4. The third kappa shape index (κ3) is 3.52. The van der Waals surface area contributed by atoms with Crippen molar-refractivity contribution in [2.45, 2.75) is 32.6 Å². The van der Waals surface area contributed by atoms with E-state index >= 15 is 0 Å². The Kier molecular flexibility index (Phi) is 5.32. The molecule has 1 atom stereocenters. The molecule has 6 aromatic rings. The van der Waals surface area contributed by atoms with Crippen LogP contribution in [0.15, 0.2) is 121 Å². The molecule has 6 aromatic carbocycles. The lowest BCUT2D eigenvalue weighted by atomic mass is 9.81. The molecule has 40 heavy (non-hydrogen) atoms. The number of fused-ring (bicyclic) bond motifs is 6. The van der Waals surface area contributed by atoms with Gasteiger partial charge in [-0.1, -0.05) is 135 Å². The first kappa shape index (κ1) is 23.5. The first-order valence-electron chi connectivity index (χ1n) is 14.6. The molecule has 8 rings (SSSR count). The Morgan fingerprint density at radius 1 is 0.625 bits per heavy atom. The van der Waals surface area contributed by atoms with Gasteiger partial charge in [0.1, 0.15) is 0 Å². The van der Waals surface area contributed by atoms with Gasteiger partial charge < -0.3 is 0 Å². The van der Waals surface area contributed by atoms with Crippen LogP contribution in [0, 0.1) is 5.92 Å². The average Bonchev–Trinajstić information content (AvgIpc) is 3.53. The average molecular weight is 513 g/mol. The van der Waals surface area contributed by atoms with Crippen molar-refractivity contribution < 1.29 is 0 Å². The van der Waals surface area contributed by atoms with Gasteiger partial charge in [0.05, 0.1) is 0 Å². The summed E-state index contributed by atoms with van der Waals surface area (Å²) in [5.74, 6) is 0.890. The fourth-order valence-corrected chi connectivity index (χ4v) is 7.45. The topological polar surface area (TPSA) is 0 Å². The summed E-state index contributed by atoms with van der Waals surface area (Å²) < 4.78 is 0. The zero-order chi connectivity index (χ0) is 26.8. The summed E-state index contributed by atoms with van der Waals surface area (Å²) in [7, 11) is 0. The van der Waals surface area contributed by atoms with Gasteiger partial charge in [0.25, 0.3) is 0 Å². The van der Waals surface area contributed by atoms with E-state index in [4.69, 9.17) is 0 Å². The molecular weight excluding hydrogens is 480 g/mol. The molecule has 0 aliphatic heterocycles. The summed E-state index contributed by atoms with van der Waals surface area (Å²) in [6.07, 6.45) is 4.68. The van der Waals surface area contributed by atoms with Crippen LogP contribution in [0.3, 0.4) is 0 Å². The number of hydrogen-bond acceptors (Lipinski definition) is 0. The van der Waals surface area contributed by atoms with E-state index in [0.29, 0.717) is 11.8 Å². The van der Waals surface area contributed by atoms with Crippen molar-refractivity contribution in [3.63, 3.8) is 0 Å². The minimum absolute atomic E-state index is 0.294. The Bertz CT molecular complexity index is 1930. The van der Waals surface area contributed by atoms with E-state index in [1.54, 1.807) is 5.57 Å². The van der Waals surface area contributed by atoms with Crippen molar-refractivity contribution in [1.82, 2.24) is 0 Å². The summed E-state index contributed by atoms with van der Waals surface area (Å²) in [4.78, 5) is 0. The summed E-state index contributed by atoms with van der Waals surface area (Å²) in [5.41, 5.74) is 14.4. The van der Waals surface area contributed by atoms with E-state index < -0.39 is 0 Å². The minimum Gasteiger partial charge on any atom is -0.0625 e. The molecule has 0 heteroatoms. The first-order valence-corrected chi connectivity index (χ1v) is 14.6. The number of benzene rings is 6. The maximum Gasteiger partial charge on any atom is 0.0311 e. The fourth-order valence-electron chi connectivity index (χ4n) is 7.45. The van der Waals surface area contributed by atoms with Crippen LogP contribution >= 0.6 is 0 Å². The van der Waals surface area contributed by atoms with Gasteiger partial charge in [-0.3, -0.25) is 0 Å². The lowest BCUT2D eigenvalue weighted by Gasteiger charge is -2.22.